The van der Waals surface area contributed by atoms with E-state index < -0.39 is 16.8 Å². The van der Waals surface area contributed by atoms with Crippen molar-refractivity contribution >= 4 is 51.9 Å². The van der Waals surface area contributed by atoms with Crippen molar-refractivity contribution in [3.05, 3.63) is 106 Å². The molecule has 0 saturated carbocycles. The van der Waals surface area contributed by atoms with Crippen LogP contribution in [0.3, 0.4) is 0 Å². The molecular formula is C32H29N3O5S. The lowest BCUT2D eigenvalue weighted by Gasteiger charge is -2.20. The van der Waals surface area contributed by atoms with Gasteiger partial charge in [-0.15, -0.1) is 0 Å². The zero-order valence-electron chi connectivity index (χ0n) is 23.6. The van der Waals surface area contributed by atoms with E-state index in [1.54, 1.807) is 0 Å². The molecule has 0 fully saturated rings. The Bertz CT molecular complexity index is 1650. The summed E-state index contributed by atoms with van der Waals surface area (Å²) in [6, 6.07) is 20.9. The second-order valence-electron chi connectivity index (χ2n) is 9.68. The Labute approximate surface area is 242 Å². The predicted molar refractivity (Wildman–Crippen MR) is 161 cm³/mol. The van der Waals surface area contributed by atoms with Gasteiger partial charge >= 0.3 is 11.9 Å². The number of carbonyl (C=O) groups excluding carboxylic acids is 2. The van der Waals surface area contributed by atoms with Crippen LogP contribution in [0.4, 0.5) is 11.4 Å². The molecule has 2 aliphatic rings. The molecule has 1 spiro atoms. The number of ether oxygens (including phenoxy) is 3. The third kappa shape index (κ3) is 4.97. The van der Waals surface area contributed by atoms with Crippen LogP contribution in [0.1, 0.15) is 27.8 Å². The molecule has 0 aromatic heterocycles. The van der Waals surface area contributed by atoms with Gasteiger partial charge in [-0.25, -0.2) is 24.6 Å². The second-order valence-corrected chi connectivity index (χ2v) is 10.9. The van der Waals surface area contributed by atoms with Crippen molar-refractivity contribution < 1.29 is 23.8 Å². The summed E-state index contributed by atoms with van der Waals surface area (Å²) in [5, 5.41) is 0.255. The van der Waals surface area contributed by atoms with E-state index in [1.165, 1.54) is 14.2 Å². The van der Waals surface area contributed by atoms with Gasteiger partial charge in [0.25, 0.3) is 0 Å². The van der Waals surface area contributed by atoms with Gasteiger partial charge in [0.15, 0.2) is 0 Å². The molecule has 0 amide bonds. The molecule has 9 heteroatoms. The molecule has 1 unspecified atom stereocenters. The Balaban J connectivity index is 1.85. The lowest BCUT2D eigenvalue weighted by atomic mass is 10.0. The number of hydrogen-bond donors (Lipinski definition) is 0. The highest BCUT2D eigenvalue weighted by atomic mass is 32.2. The minimum Gasteiger partial charge on any atom is -0.466 e. The fourth-order valence-electron chi connectivity index (χ4n) is 4.80. The Morgan fingerprint density at radius 2 is 1.29 bits per heavy atom. The average Bonchev–Trinajstić information content (AvgIpc) is 3.49. The molecule has 8 nitrogen and oxygen atoms in total. The quantitative estimate of drug-likeness (QED) is 0.338. The molecule has 0 bridgehead atoms. The smallest absolute Gasteiger partial charge is 0.341 e. The molecule has 41 heavy (non-hydrogen) atoms. The minimum absolute atomic E-state index is 0.0390. The van der Waals surface area contributed by atoms with Crippen LogP contribution in [0.2, 0.25) is 0 Å². The van der Waals surface area contributed by atoms with Crippen molar-refractivity contribution in [2.75, 3.05) is 14.2 Å². The number of hydrogen-bond acceptors (Lipinski definition) is 9. The standard InChI is InChI=1S/C32H29N3O5S/c1-18-12-10-13-19(2)25(18)33-28-23(29(36)38-5)24(30(37)39-6)32(41-28)31(34-26-20(3)14-11-15-21(26)4)40-27(35-32)22-16-8-7-9-17-22/h7-17H,1-6H3. The molecule has 0 aliphatic carbocycles. The van der Waals surface area contributed by atoms with Gasteiger partial charge < -0.3 is 14.2 Å². The van der Waals surface area contributed by atoms with E-state index >= 15 is 0 Å². The summed E-state index contributed by atoms with van der Waals surface area (Å²) in [5.41, 5.74) is 5.57. The Hall–Kier alpha value is -4.50. The normalized spacial score (nSPS) is 20.0. The summed E-state index contributed by atoms with van der Waals surface area (Å²) in [7, 11) is 2.51. The van der Waals surface area contributed by atoms with Crippen LogP contribution in [0.15, 0.2) is 92.9 Å². The van der Waals surface area contributed by atoms with Crippen molar-refractivity contribution in [3.8, 4) is 0 Å². The molecule has 0 N–H and O–H groups in total. The van der Waals surface area contributed by atoms with E-state index in [9.17, 15) is 9.59 Å². The summed E-state index contributed by atoms with van der Waals surface area (Å²) >= 11 is 1.10. The number of esters is 2. The van der Waals surface area contributed by atoms with Crippen LogP contribution in [-0.2, 0) is 23.8 Å². The van der Waals surface area contributed by atoms with Crippen LogP contribution in [0, 0.1) is 27.7 Å². The minimum atomic E-state index is -1.59. The molecule has 0 radical (unpaired) electrons. The van der Waals surface area contributed by atoms with E-state index in [0.29, 0.717) is 16.9 Å². The first-order chi connectivity index (χ1) is 19.7. The van der Waals surface area contributed by atoms with E-state index in [4.69, 9.17) is 29.2 Å². The summed E-state index contributed by atoms with van der Waals surface area (Å²) in [4.78, 5) is 40.2. The number of aliphatic imine (C=N–C) groups is 3. The van der Waals surface area contributed by atoms with E-state index in [0.717, 1.165) is 34.0 Å². The first kappa shape index (κ1) is 28.0. The molecular weight excluding hydrogens is 538 g/mol. The van der Waals surface area contributed by atoms with E-state index in [-0.39, 0.29) is 28.0 Å². The molecule has 208 valence electrons. The van der Waals surface area contributed by atoms with Gasteiger partial charge in [-0.3, -0.25) is 0 Å². The Kier molecular flexibility index (Phi) is 7.64. The monoisotopic (exact) mass is 567 g/mol. The average molecular weight is 568 g/mol. The molecule has 0 saturated heterocycles. The van der Waals surface area contributed by atoms with Gasteiger partial charge in [-0.05, 0) is 62.1 Å². The highest BCUT2D eigenvalue weighted by Gasteiger charge is 2.60. The van der Waals surface area contributed by atoms with Gasteiger partial charge in [-0.1, -0.05) is 66.4 Å². The van der Waals surface area contributed by atoms with Crippen molar-refractivity contribution in [2.24, 2.45) is 15.0 Å². The SMILES string of the molecule is COC(=O)C1=C(C(=O)OC)C2(N=C(c3ccccc3)OC2=Nc2c(C)cccc2C)SC1=Nc1c(C)cccc1C. The zero-order chi connectivity index (χ0) is 29.3. The third-order valence-corrected chi connectivity index (χ3v) is 8.15. The highest BCUT2D eigenvalue weighted by molar-refractivity contribution is 8.17. The topological polar surface area (TPSA) is 98.9 Å². The number of rotatable bonds is 5. The number of benzene rings is 3. The third-order valence-electron chi connectivity index (χ3n) is 6.89. The van der Waals surface area contributed by atoms with Crippen molar-refractivity contribution in [3.63, 3.8) is 0 Å². The summed E-state index contributed by atoms with van der Waals surface area (Å²) in [5.74, 6) is -1.13. The summed E-state index contributed by atoms with van der Waals surface area (Å²) in [6.07, 6.45) is 0. The van der Waals surface area contributed by atoms with Crippen LogP contribution in [0.5, 0.6) is 0 Å². The van der Waals surface area contributed by atoms with Crippen LogP contribution >= 0.6 is 11.8 Å². The van der Waals surface area contributed by atoms with Gasteiger partial charge in [0.05, 0.1) is 25.6 Å². The van der Waals surface area contributed by atoms with Gasteiger partial charge in [0.1, 0.15) is 16.2 Å². The van der Waals surface area contributed by atoms with E-state index in [1.807, 2.05) is 94.4 Å². The Morgan fingerprint density at radius 3 is 1.83 bits per heavy atom. The second kappa shape index (κ2) is 11.2. The van der Waals surface area contributed by atoms with Crippen molar-refractivity contribution in [1.82, 2.24) is 0 Å². The lowest BCUT2D eigenvalue weighted by Crippen LogP contribution is -2.35. The first-order valence-corrected chi connectivity index (χ1v) is 13.8. The molecule has 5 rings (SSSR count). The molecule has 1 atom stereocenters. The predicted octanol–water partition coefficient (Wildman–Crippen LogP) is 6.24. The van der Waals surface area contributed by atoms with Gasteiger partial charge in [0.2, 0.25) is 16.7 Å². The fourth-order valence-corrected chi connectivity index (χ4v) is 6.10. The first-order valence-electron chi connectivity index (χ1n) is 12.9. The fraction of sp³-hybridized carbons (Fsp3) is 0.219. The number of nitrogens with zero attached hydrogens (tertiary/aromatic N) is 3. The van der Waals surface area contributed by atoms with Crippen LogP contribution in [0.25, 0.3) is 0 Å². The zero-order valence-corrected chi connectivity index (χ0v) is 24.5. The largest absolute Gasteiger partial charge is 0.466 e. The molecule has 3 aromatic rings. The van der Waals surface area contributed by atoms with Gasteiger partial charge in [-0.2, -0.15) is 0 Å². The molecule has 2 aliphatic heterocycles. The highest BCUT2D eigenvalue weighted by Crippen LogP contribution is 2.52. The van der Waals surface area contributed by atoms with Crippen LogP contribution in [-0.4, -0.2) is 47.9 Å². The summed E-state index contributed by atoms with van der Waals surface area (Å²) in [6.45, 7) is 7.75. The number of aryl methyl sites for hydroxylation is 4. The van der Waals surface area contributed by atoms with Gasteiger partial charge in [0, 0.05) is 5.56 Å². The maximum atomic E-state index is 13.6. The number of carbonyl (C=O) groups is 2. The maximum absolute atomic E-state index is 13.6. The van der Waals surface area contributed by atoms with E-state index in [2.05, 4.69) is 0 Å². The molecule has 2 heterocycles. The number of thioether (sulfide) groups is 1. The van der Waals surface area contributed by atoms with Crippen molar-refractivity contribution in [2.45, 2.75) is 32.6 Å². The number of para-hydroxylation sites is 2. The Morgan fingerprint density at radius 1 is 0.756 bits per heavy atom. The summed E-state index contributed by atoms with van der Waals surface area (Å²) < 4.78 is 16.8. The number of methoxy groups -OCH3 is 2. The van der Waals surface area contributed by atoms with Crippen LogP contribution < -0.4 is 0 Å². The molecule has 3 aromatic carbocycles. The van der Waals surface area contributed by atoms with Crippen molar-refractivity contribution in [1.29, 1.82) is 0 Å². The maximum Gasteiger partial charge on any atom is 0.341 e. The lowest BCUT2D eigenvalue weighted by molar-refractivity contribution is -0.139.